The molecule has 1 fully saturated rings. The first-order chi connectivity index (χ1) is 12.1. The van der Waals surface area contributed by atoms with E-state index in [1.807, 2.05) is 18.7 Å². The minimum atomic E-state index is -0.0180. The largest absolute Gasteiger partial charge is 0.481 e. The summed E-state index contributed by atoms with van der Waals surface area (Å²) in [5.41, 5.74) is 1.38. The second-order valence-electron chi connectivity index (χ2n) is 6.15. The van der Waals surface area contributed by atoms with Gasteiger partial charge in [0.1, 0.15) is 6.33 Å². The average molecular weight is 342 g/mol. The minimum absolute atomic E-state index is 0.0180. The van der Waals surface area contributed by atoms with E-state index >= 15 is 0 Å². The van der Waals surface area contributed by atoms with Crippen LogP contribution in [0.3, 0.4) is 0 Å². The number of hydrogen-bond donors (Lipinski definition) is 0. The van der Waals surface area contributed by atoms with Crippen LogP contribution in [0.25, 0.3) is 0 Å². The summed E-state index contributed by atoms with van der Waals surface area (Å²) in [4.78, 5) is 33.7. The summed E-state index contributed by atoms with van der Waals surface area (Å²) in [7, 11) is 1.58. The Balaban J connectivity index is 1.69. The molecule has 0 aliphatic carbocycles. The molecule has 132 valence electrons. The van der Waals surface area contributed by atoms with Crippen molar-refractivity contribution >= 4 is 11.9 Å². The fraction of sp³-hybridized carbons (Fsp3) is 0.471. The molecule has 0 unspecified atom stereocenters. The van der Waals surface area contributed by atoms with E-state index in [0.29, 0.717) is 43.6 Å². The van der Waals surface area contributed by atoms with Crippen molar-refractivity contribution in [3.8, 4) is 5.88 Å². The molecular weight excluding hydrogens is 320 g/mol. The molecular formula is C17H22N6O2. The van der Waals surface area contributed by atoms with E-state index in [4.69, 9.17) is 4.74 Å². The van der Waals surface area contributed by atoms with Gasteiger partial charge in [-0.3, -0.25) is 4.79 Å². The summed E-state index contributed by atoms with van der Waals surface area (Å²) >= 11 is 0. The second-order valence-corrected chi connectivity index (χ2v) is 6.15. The molecule has 0 N–H and O–H groups in total. The molecule has 0 radical (unpaired) electrons. The average Bonchev–Trinajstić information content (AvgIpc) is 2.67. The SMILES string of the molecule is COc1ccnc(N2CCN(C(=O)c3cncnc3C(C)C)CC2)n1. The highest BCUT2D eigenvalue weighted by Crippen LogP contribution is 2.19. The predicted molar refractivity (Wildman–Crippen MR) is 92.8 cm³/mol. The maximum Gasteiger partial charge on any atom is 0.257 e. The van der Waals surface area contributed by atoms with E-state index in [0.717, 1.165) is 5.69 Å². The summed E-state index contributed by atoms with van der Waals surface area (Å²) in [6, 6.07) is 1.71. The summed E-state index contributed by atoms with van der Waals surface area (Å²) in [5.74, 6) is 1.31. The van der Waals surface area contributed by atoms with Crippen LogP contribution in [0.15, 0.2) is 24.8 Å². The number of carbonyl (C=O) groups excluding carboxylic acids is 1. The Morgan fingerprint density at radius 2 is 1.96 bits per heavy atom. The van der Waals surface area contributed by atoms with E-state index in [1.54, 1.807) is 25.6 Å². The van der Waals surface area contributed by atoms with E-state index < -0.39 is 0 Å². The predicted octanol–water partition coefficient (Wildman–Crippen LogP) is 1.36. The highest BCUT2D eigenvalue weighted by molar-refractivity contribution is 5.95. The van der Waals surface area contributed by atoms with E-state index in [-0.39, 0.29) is 11.8 Å². The molecule has 0 atom stereocenters. The summed E-state index contributed by atoms with van der Waals surface area (Å²) in [5, 5.41) is 0. The van der Waals surface area contributed by atoms with Crippen molar-refractivity contribution in [2.75, 3.05) is 38.2 Å². The van der Waals surface area contributed by atoms with Gasteiger partial charge in [0.15, 0.2) is 0 Å². The zero-order valence-corrected chi connectivity index (χ0v) is 14.7. The molecule has 1 amide bonds. The molecule has 1 aliphatic heterocycles. The number of hydrogen-bond acceptors (Lipinski definition) is 7. The molecule has 0 spiro atoms. The number of anilines is 1. The number of rotatable bonds is 4. The van der Waals surface area contributed by atoms with Gasteiger partial charge in [0.2, 0.25) is 11.8 Å². The van der Waals surface area contributed by atoms with Gasteiger partial charge in [0.05, 0.1) is 18.4 Å². The van der Waals surface area contributed by atoms with E-state index in [1.165, 1.54) is 6.33 Å². The molecule has 8 heteroatoms. The van der Waals surface area contributed by atoms with Crippen molar-refractivity contribution in [2.24, 2.45) is 0 Å². The van der Waals surface area contributed by atoms with Gasteiger partial charge >= 0.3 is 0 Å². The van der Waals surface area contributed by atoms with Gasteiger partial charge in [-0.2, -0.15) is 4.98 Å². The first-order valence-corrected chi connectivity index (χ1v) is 8.31. The van der Waals surface area contributed by atoms with Gasteiger partial charge in [-0.05, 0) is 5.92 Å². The molecule has 1 aliphatic rings. The lowest BCUT2D eigenvalue weighted by atomic mass is 10.0. The zero-order chi connectivity index (χ0) is 17.8. The van der Waals surface area contributed by atoms with Crippen LogP contribution in [-0.2, 0) is 0 Å². The molecule has 2 aromatic heterocycles. The lowest BCUT2D eigenvalue weighted by Crippen LogP contribution is -2.49. The third-order valence-electron chi connectivity index (χ3n) is 4.20. The van der Waals surface area contributed by atoms with E-state index in [2.05, 4.69) is 24.8 Å². The summed E-state index contributed by atoms with van der Waals surface area (Å²) in [6.45, 7) is 6.60. The van der Waals surface area contributed by atoms with Crippen molar-refractivity contribution in [3.63, 3.8) is 0 Å². The molecule has 8 nitrogen and oxygen atoms in total. The Kier molecular flexibility index (Phi) is 5.06. The van der Waals surface area contributed by atoms with Gasteiger partial charge < -0.3 is 14.5 Å². The smallest absolute Gasteiger partial charge is 0.257 e. The number of nitrogens with zero attached hydrogens (tertiary/aromatic N) is 6. The maximum absolute atomic E-state index is 12.8. The summed E-state index contributed by atoms with van der Waals surface area (Å²) < 4.78 is 5.14. The van der Waals surface area contributed by atoms with Crippen LogP contribution in [-0.4, -0.2) is 64.0 Å². The maximum atomic E-state index is 12.8. The van der Waals surface area contributed by atoms with Gasteiger partial charge in [0.25, 0.3) is 5.91 Å². The minimum Gasteiger partial charge on any atom is -0.481 e. The van der Waals surface area contributed by atoms with Crippen LogP contribution >= 0.6 is 0 Å². The first-order valence-electron chi connectivity index (χ1n) is 8.31. The van der Waals surface area contributed by atoms with Crippen LogP contribution < -0.4 is 9.64 Å². The van der Waals surface area contributed by atoms with Gasteiger partial charge in [-0.25, -0.2) is 15.0 Å². The van der Waals surface area contributed by atoms with Crippen molar-refractivity contribution in [2.45, 2.75) is 19.8 Å². The molecule has 25 heavy (non-hydrogen) atoms. The third-order valence-corrected chi connectivity index (χ3v) is 4.20. The Hall–Kier alpha value is -2.77. The molecule has 3 rings (SSSR count). The third kappa shape index (κ3) is 3.67. The Bertz CT molecular complexity index is 743. The Labute approximate surface area is 146 Å². The molecule has 2 aromatic rings. The molecule has 0 saturated carbocycles. The standard InChI is InChI=1S/C17H22N6O2/c1-12(2)15-13(10-18-11-20-15)16(24)22-6-8-23(9-7-22)17-19-5-4-14(21-17)25-3/h4-5,10-12H,6-9H2,1-3H3. The summed E-state index contributed by atoms with van der Waals surface area (Å²) in [6.07, 6.45) is 4.78. The van der Waals surface area contributed by atoms with Crippen LogP contribution in [0, 0.1) is 0 Å². The van der Waals surface area contributed by atoms with Crippen LogP contribution in [0.5, 0.6) is 5.88 Å². The fourth-order valence-corrected chi connectivity index (χ4v) is 2.84. The first kappa shape index (κ1) is 17.1. The Morgan fingerprint density at radius 3 is 2.64 bits per heavy atom. The quantitative estimate of drug-likeness (QED) is 0.829. The van der Waals surface area contributed by atoms with Crippen LogP contribution in [0.2, 0.25) is 0 Å². The number of carbonyl (C=O) groups is 1. The number of methoxy groups -OCH3 is 1. The highest BCUT2D eigenvalue weighted by atomic mass is 16.5. The van der Waals surface area contributed by atoms with Gasteiger partial charge in [-0.1, -0.05) is 13.8 Å². The van der Waals surface area contributed by atoms with Crippen LogP contribution in [0.4, 0.5) is 5.95 Å². The zero-order valence-electron chi connectivity index (χ0n) is 14.7. The number of ether oxygens (including phenoxy) is 1. The number of piperazine rings is 1. The lowest BCUT2D eigenvalue weighted by Gasteiger charge is -2.35. The van der Waals surface area contributed by atoms with Crippen molar-refractivity contribution in [1.29, 1.82) is 0 Å². The van der Waals surface area contributed by atoms with E-state index in [9.17, 15) is 4.79 Å². The molecule has 3 heterocycles. The monoisotopic (exact) mass is 342 g/mol. The number of amides is 1. The second kappa shape index (κ2) is 7.42. The Morgan fingerprint density at radius 1 is 1.20 bits per heavy atom. The lowest BCUT2D eigenvalue weighted by molar-refractivity contribution is 0.0743. The van der Waals surface area contributed by atoms with Crippen molar-refractivity contribution in [3.05, 3.63) is 36.0 Å². The van der Waals surface area contributed by atoms with Crippen molar-refractivity contribution < 1.29 is 9.53 Å². The fourth-order valence-electron chi connectivity index (χ4n) is 2.84. The van der Waals surface area contributed by atoms with Gasteiger partial charge in [0, 0.05) is 44.6 Å². The molecule has 1 saturated heterocycles. The number of aromatic nitrogens is 4. The topological polar surface area (TPSA) is 84.3 Å². The van der Waals surface area contributed by atoms with Crippen molar-refractivity contribution in [1.82, 2.24) is 24.8 Å². The van der Waals surface area contributed by atoms with Crippen LogP contribution in [0.1, 0.15) is 35.8 Å². The highest BCUT2D eigenvalue weighted by Gasteiger charge is 2.26. The molecule has 0 bridgehead atoms. The van der Waals surface area contributed by atoms with Gasteiger partial charge in [-0.15, -0.1) is 0 Å². The normalized spacial score (nSPS) is 14.7. The molecule has 0 aromatic carbocycles.